The smallest absolute Gasteiger partial charge is 0.336 e. The van der Waals surface area contributed by atoms with Crippen LogP contribution >= 0.6 is 0 Å². The summed E-state index contributed by atoms with van der Waals surface area (Å²) in [5.41, 5.74) is -0.00407. The molecule has 0 radical (unpaired) electrons. The van der Waals surface area contributed by atoms with Crippen LogP contribution in [0.3, 0.4) is 0 Å². The van der Waals surface area contributed by atoms with Crippen molar-refractivity contribution in [2.24, 2.45) is 0 Å². The molecule has 12 heavy (non-hydrogen) atoms. The monoisotopic (exact) mass is 168 g/mol. The fourth-order valence-corrected chi connectivity index (χ4v) is 1.05. The molecule has 0 aliphatic carbocycles. The highest BCUT2D eigenvalue weighted by Crippen LogP contribution is 2.17. The standard InChI is InChI=1S/C9H6O3/c10-7-3-1-6-2-4-9(11)12-8(6)5-7/h1-5,10H/i1+1,3+1,5+1,6+1,7+1,8+1. The van der Waals surface area contributed by atoms with Crippen molar-refractivity contribution in [1.29, 1.82) is 0 Å². The molecule has 1 heterocycles. The Labute approximate surface area is 67.9 Å². The summed E-state index contributed by atoms with van der Waals surface area (Å²) in [5.74, 6) is 0.0943. The summed E-state index contributed by atoms with van der Waals surface area (Å²) in [4.78, 5) is 10.7. The molecule has 0 spiro atoms. The first kappa shape index (κ1) is 6.91. The number of phenolic OH excluding ortho intramolecular Hbond substituents is 1. The van der Waals surface area contributed by atoms with Crippen LogP contribution in [0.4, 0.5) is 0 Å². The van der Waals surface area contributed by atoms with E-state index in [-0.39, 0.29) is 5.75 Å². The van der Waals surface area contributed by atoms with Crippen molar-refractivity contribution < 1.29 is 9.52 Å². The van der Waals surface area contributed by atoms with Gasteiger partial charge in [-0.2, -0.15) is 0 Å². The molecule has 3 nitrogen and oxygen atoms in total. The van der Waals surface area contributed by atoms with Gasteiger partial charge in [0.25, 0.3) is 0 Å². The fraction of sp³-hybridized carbons (Fsp3) is 0. The summed E-state index contributed by atoms with van der Waals surface area (Å²) < 4.78 is 4.83. The molecular weight excluding hydrogens is 162 g/mol. The molecule has 0 fully saturated rings. The summed E-state index contributed by atoms with van der Waals surface area (Å²) in [6.07, 6.45) is 0. The average molecular weight is 168 g/mol. The van der Waals surface area contributed by atoms with E-state index in [1.54, 1.807) is 18.2 Å². The first-order valence-electron chi connectivity index (χ1n) is 3.48. The zero-order valence-corrected chi connectivity index (χ0v) is 6.15. The molecule has 2 rings (SSSR count). The minimum Gasteiger partial charge on any atom is -0.508 e. The van der Waals surface area contributed by atoms with Gasteiger partial charge in [-0.3, -0.25) is 0 Å². The number of phenols is 1. The summed E-state index contributed by atoms with van der Waals surface area (Å²) in [7, 11) is 0. The molecule has 0 aliphatic heterocycles. The zero-order chi connectivity index (χ0) is 8.55. The number of benzene rings is 1. The van der Waals surface area contributed by atoms with Crippen molar-refractivity contribution in [3.63, 3.8) is 0 Å². The normalized spacial score (nSPS) is 10.3. The van der Waals surface area contributed by atoms with E-state index in [1.165, 1.54) is 12.1 Å². The Bertz CT molecular complexity index is 470. The molecule has 0 unspecified atom stereocenters. The predicted molar refractivity (Wildman–Crippen MR) is 44.1 cm³/mol. The summed E-state index contributed by atoms with van der Waals surface area (Å²) in [6, 6.07) is 7.65. The first-order valence-corrected chi connectivity index (χ1v) is 3.48. The van der Waals surface area contributed by atoms with Gasteiger partial charge in [-0.1, -0.05) is 0 Å². The van der Waals surface area contributed by atoms with E-state index in [4.69, 9.17) is 9.52 Å². The molecule has 2 aromatic rings. The molecule has 0 aliphatic rings. The highest BCUT2D eigenvalue weighted by molar-refractivity contribution is 5.77. The molecule has 0 saturated carbocycles. The van der Waals surface area contributed by atoms with Gasteiger partial charge in [0.2, 0.25) is 0 Å². The Balaban J connectivity index is 2.89. The van der Waals surface area contributed by atoms with E-state index >= 15 is 0 Å². The number of hydrogen-bond acceptors (Lipinski definition) is 3. The SMILES string of the molecule is O=c1cc[13c]2[13cH][13cH][13c](O)[13cH][13c]2o1. The largest absolute Gasteiger partial charge is 0.508 e. The van der Waals surface area contributed by atoms with Crippen LogP contribution in [-0.2, 0) is 0 Å². The average Bonchev–Trinajstić information content (AvgIpc) is 2.03. The first-order chi connectivity index (χ1) is 5.75. The van der Waals surface area contributed by atoms with Gasteiger partial charge >= 0.3 is 5.63 Å². The van der Waals surface area contributed by atoms with Crippen LogP contribution in [0.5, 0.6) is 5.75 Å². The number of aromatic hydroxyl groups is 1. The maximum atomic E-state index is 10.7. The molecule has 1 N–H and O–H groups in total. The second kappa shape index (κ2) is 2.37. The van der Waals surface area contributed by atoms with Crippen molar-refractivity contribution in [2.45, 2.75) is 0 Å². The van der Waals surface area contributed by atoms with Crippen molar-refractivity contribution in [2.75, 3.05) is 0 Å². The minimum absolute atomic E-state index is 0.0943. The van der Waals surface area contributed by atoms with Gasteiger partial charge in [-0.25, -0.2) is 4.79 Å². The van der Waals surface area contributed by atoms with Crippen LogP contribution in [0, 0.1) is 0 Å². The molecule has 0 amide bonds. The van der Waals surface area contributed by atoms with Crippen molar-refractivity contribution in [3.8, 4) is 5.75 Å². The van der Waals surface area contributed by atoms with Crippen LogP contribution in [-0.4, -0.2) is 5.11 Å². The molecule has 0 bridgehead atoms. The lowest BCUT2D eigenvalue weighted by Gasteiger charge is -1.94. The lowest BCUT2D eigenvalue weighted by molar-refractivity contribution is 0.473. The summed E-state index contributed by atoms with van der Waals surface area (Å²) >= 11 is 0. The summed E-state index contributed by atoms with van der Waals surface area (Å²) in [6.45, 7) is 0. The molecule has 60 valence electrons. The van der Waals surface area contributed by atoms with E-state index in [0.717, 1.165) is 5.39 Å². The van der Waals surface area contributed by atoms with E-state index in [1.807, 2.05) is 0 Å². The summed E-state index contributed by atoms with van der Waals surface area (Å²) in [5, 5.41) is 9.86. The number of hydrogen-bond donors (Lipinski definition) is 1. The van der Waals surface area contributed by atoms with Gasteiger partial charge in [0.15, 0.2) is 0 Å². The predicted octanol–water partition coefficient (Wildman–Crippen LogP) is 1.50. The third kappa shape index (κ3) is 1.05. The Kier molecular flexibility index (Phi) is 1.37. The Morgan fingerprint density at radius 3 is 2.75 bits per heavy atom. The molecule has 0 saturated heterocycles. The lowest BCUT2D eigenvalue weighted by Crippen LogP contribution is -1.93. The maximum absolute atomic E-state index is 10.7. The number of rotatable bonds is 0. The van der Waals surface area contributed by atoms with Gasteiger partial charge in [0.05, 0.1) is 0 Å². The Morgan fingerprint density at radius 2 is 1.92 bits per heavy atom. The van der Waals surface area contributed by atoms with Gasteiger partial charge in [-0.15, -0.1) is 0 Å². The van der Waals surface area contributed by atoms with Gasteiger partial charge in [0.1, 0.15) is 11.3 Å². The Morgan fingerprint density at radius 1 is 1.17 bits per heavy atom. The van der Waals surface area contributed by atoms with Crippen LogP contribution in [0.15, 0.2) is 39.5 Å². The lowest BCUT2D eigenvalue weighted by atomic mass is 10.7. The molecule has 3 heteroatoms. The van der Waals surface area contributed by atoms with Crippen molar-refractivity contribution in [1.82, 2.24) is 0 Å². The maximum Gasteiger partial charge on any atom is 0.336 e. The minimum atomic E-state index is -0.409. The van der Waals surface area contributed by atoms with Crippen LogP contribution in [0.2, 0.25) is 0 Å². The van der Waals surface area contributed by atoms with E-state index in [0.29, 0.717) is 5.58 Å². The van der Waals surface area contributed by atoms with E-state index < -0.39 is 5.63 Å². The third-order valence-electron chi connectivity index (χ3n) is 1.61. The van der Waals surface area contributed by atoms with E-state index in [2.05, 4.69) is 0 Å². The quantitative estimate of drug-likeness (QED) is 0.606. The van der Waals surface area contributed by atoms with Crippen molar-refractivity contribution >= 4 is 11.0 Å². The van der Waals surface area contributed by atoms with Crippen LogP contribution < -0.4 is 5.63 Å². The molecule has 0 atom stereocenters. The van der Waals surface area contributed by atoms with Gasteiger partial charge in [-0.05, 0) is 18.2 Å². The molecular formula is C9H6O3. The van der Waals surface area contributed by atoms with Gasteiger partial charge in [0, 0.05) is 17.5 Å². The van der Waals surface area contributed by atoms with Crippen molar-refractivity contribution in [3.05, 3.63) is 40.8 Å². The van der Waals surface area contributed by atoms with E-state index in [9.17, 15) is 4.79 Å². The fourth-order valence-electron chi connectivity index (χ4n) is 1.05. The Hall–Kier alpha value is -1.77. The third-order valence-corrected chi connectivity index (χ3v) is 1.61. The number of fused-ring (bicyclic) bond motifs is 1. The molecule has 1 aromatic carbocycles. The highest BCUT2D eigenvalue weighted by atomic mass is 16.4. The van der Waals surface area contributed by atoms with Gasteiger partial charge < -0.3 is 9.52 Å². The second-order valence-corrected chi connectivity index (χ2v) is 2.48. The second-order valence-electron chi connectivity index (χ2n) is 2.48. The molecule has 1 aromatic heterocycles. The topological polar surface area (TPSA) is 50.4 Å². The van der Waals surface area contributed by atoms with Crippen LogP contribution in [0.25, 0.3) is 11.0 Å². The van der Waals surface area contributed by atoms with Crippen LogP contribution in [0.1, 0.15) is 0 Å². The highest BCUT2D eigenvalue weighted by Gasteiger charge is 1.96. The zero-order valence-electron chi connectivity index (χ0n) is 6.15.